The highest BCUT2D eigenvalue weighted by Gasteiger charge is 2.37. The van der Waals surface area contributed by atoms with E-state index in [-0.39, 0.29) is 17.7 Å². The maximum Gasteiger partial charge on any atom is 0.289 e. The average Bonchev–Trinajstić information content (AvgIpc) is 3.25. The van der Waals surface area contributed by atoms with Gasteiger partial charge in [-0.15, -0.1) is 0 Å². The summed E-state index contributed by atoms with van der Waals surface area (Å²) in [6.07, 6.45) is 0. The molecule has 1 aromatic heterocycles. The van der Waals surface area contributed by atoms with Crippen LogP contribution in [0.3, 0.4) is 0 Å². The molecule has 134 valence electrons. The van der Waals surface area contributed by atoms with Crippen LogP contribution in [-0.2, 0) is 0 Å². The van der Waals surface area contributed by atoms with Gasteiger partial charge in [0.2, 0.25) is 0 Å². The summed E-state index contributed by atoms with van der Waals surface area (Å²) in [5.74, 6) is 0.970. The Balaban J connectivity index is 1.65. The first kappa shape index (κ1) is 16.9. The van der Waals surface area contributed by atoms with Crippen molar-refractivity contribution < 1.29 is 9.21 Å². The minimum Gasteiger partial charge on any atom is -0.450 e. The molecule has 1 aliphatic heterocycles. The molecule has 3 aromatic rings. The average molecular weight is 348 g/mol. The van der Waals surface area contributed by atoms with Crippen LogP contribution in [0, 0.1) is 19.8 Å². The number of carbonyl (C=O) groups excluding carboxylic acids is 1. The highest BCUT2D eigenvalue weighted by atomic mass is 16.3. The highest BCUT2D eigenvalue weighted by Crippen LogP contribution is 2.35. The number of likely N-dealkylation sites (tertiary alicyclic amines) is 1. The molecule has 0 saturated carbocycles. The van der Waals surface area contributed by atoms with E-state index in [0.29, 0.717) is 25.4 Å². The van der Waals surface area contributed by atoms with Gasteiger partial charge >= 0.3 is 0 Å². The van der Waals surface area contributed by atoms with Crippen LogP contribution in [0.2, 0.25) is 0 Å². The third-order valence-corrected chi connectivity index (χ3v) is 5.61. The summed E-state index contributed by atoms with van der Waals surface area (Å²) in [5.41, 5.74) is 10.0. The van der Waals surface area contributed by atoms with E-state index in [4.69, 9.17) is 10.2 Å². The van der Waals surface area contributed by atoms with Crippen molar-refractivity contribution in [1.29, 1.82) is 0 Å². The molecule has 1 aliphatic rings. The number of nitrogens with two attached hydrogens (primary N) is 1. The van der Waals surface area contributed by atoms with Crippen LogP contribution in [-0.4, -0.2) is 30.4 Å². The molecule has 2 aromatic carbocycles. The van der Waals surface area contributed by atoms with Gasteiger partial charge in [-0.1, -0.05) is 48.5 Å². The molecule has 2 N–H and O–H groups in total. The second kappa shape index (κ2) is 6.61. The fraction of sp³-hybridized carbons (Fsp3) is 0.318. The molecule has 1 fully saturated rings. The number of benzene rings is 2. The van der Waals surface area contributed by atoms with Crippen molar-refractivity contribution >= 4 is 16.9 Å². The van der Waals surface area contributed by atoms with Gasteiger partial charge in [-0.2, -0.15) is 0 Å². The minimum atomic E-state index is -0.0324. The third-order valence-electron chi connectivity index (χ3n) is 5.61. The lowest BCUT2D eigenvalue weighted by molar-refractivity contribution is 0.0756. The first-order valence-electron chi connectivity index (χ1n) is 9.13. The van der Waals surface area contributed by atoms with Crippen molar-refractivity contribution in [2.75, 3.05) is 19.6 Å². The lowest BCUT2D eigenvalue weighted by Gasteiger charge is -2.16. The summed E-state index contributed by atoms with van der Waals surface area (Å²) in [6, 6.07) is 16.4. The summed E-state index contributed by atoms with van der Waals surface area (Å²) in [4.78, 5) is 15.1. The van der Waals surface area contributed by atoms with Crippen molar-refractivity contribution in [3.05, 3.63) is 71.0 Å². The molecule has 1 saturated heterocycles. The van der Waals surface area contributed by atoms with Gasteiger partial charge in [-0.3, -0.25) is 4.79 Å². The Morgan fingerprint density at radius 3 is 2.58 bits per heavy atom. The molecule has 4 nitrogen and oxygen atoms in total. The molecule has 0 bridgehead atoms. The van der Waals surface area contributed by atoms with Crippen LogP contribution in [0.1, 0.15) is 33.2 Å². The van der Waals surface area contributed by atoms with E-state index >= 15 is 0 Å². The van der Waals surface area contributed by atoms with Crippen LogP contribution < -0.4 is 5.73 Å². The molecule has 0 aliphatic carbocycles. The molecule has 1 amide bonds. The molecular formula is C22H24N2O2. The number of rotatable bonds is 3. The monoisotopic (exact) mass is 348 g/mol. The summed E-state index contributed by atoms with van der Waals surface area (Å²) in [6.45, 7) is 5.89. The van der Waals surface area contributed by atoms with Crippen molar-refractivity contribution in [2.24, 2.45) is 11.7 Å². The zero-order chi connectivity index (χ0) is 18.3. The van der Waals surface area contributed by atoms with Crippen molar-refractivity contribution in [1.82, 2.24) is 4.90 Å². The molecule has 26 heavy (non-hydrogen) atoms. The zero-order valence-electron chi connectivity index (χ0n) is 15.2. The Morgan fingerprint density at radius 2 is 1.88 bits per heavy atom. The van der Waals surface area contributed by atoms with E-state index in [0.717, 1.165) is 22.1 Å². The maximum absolute atomic E-state index is 13.2. The SMILES string of the molecule is Cc1c(C(=O)N2C[C@@H](CN)[C@H](c3ccccc3)C2)oc2c(C)cccc12. The third kappa shape index (κ3) is 2.71. The Morgan fingerprint density at radius 1 is 1.12 bits per heavy atom. The smallest absolute Gasteiger partial charge is 0.289 e. The summed E-state index contributed by atoms with van der Waals surface area (Å²) < 4.78 is 5.99. The second-order valence-electron chi connectivity index (χ2n) is 7.23. The molecule has 2 heterocycles. The van der Waals surface area contributed by atoms with Gasteiger partial charge < -0.3 is 15.1 Å². The number of nitrogens with zero attached hydrogens (tertiary/aromatic N) is 1. The number of aryl methyl sites for hydroxylation is 2. The summed E-state index contributed by atoms with van der Waals surface area (Å²) in [7, 11) is 0. The second-order valence-corrected chi connectivity index (χ2v) is 7.23. The number of hydrogen-bond acceptors (Lipinski definition) is 3. The Bertz CT molecular complexity index is 945. The fourth-order valence-corrected chi connectivity index (χ4v) is 4.09. The van der Waals surface area contributed by atoms with Crippen LogP contribution in [0.25, 0.3) is 11.0 Å². The number of hydrogen-bond donors (Lipinski definition) is 1. The molecule has 4 rings (SSSR count). The Kier molecular flexibility index (Phi) is 4.29. The van der Waals surface area contributed by atoms with Crippen molar-refractivity contribution in [3.63, 3.8) is 0 Å². The Labute approximate surface area is 153 Å². The van der Waals surface area contributed by atoms with Gasteiger partial charge in [0.1, 0.15) is 5.58 Å². The van der Waals surface area contributed by atoms with Gasteiger partial charge in [0, 0.05) is 30.0 Å². The van der Waals surface area contributed by atoms with Crippen LogP contribution in [0.5, 0.6) is 0 Å². The van der Waals surface area contributed by atoms with Gasteiger partial charge in [0.05, 0.1) is 0 Å². The van der Waals surface area contributed by atoms with Crippen molar-refractivity contribution in [2.45, 2.75) is 19.8 Å². The van der Waals surface area contributed by atoms with Crippen LogP contribution >= 0.6 is 0 Å². The topological polar surface area (TPSA) is 59.5 Å². The van der Waals surface area contributed by atoms with Crippen LogP contribution in [0.4, 0.5) is 0 Å². The molecule has 0 unspecified atom stereocenters. The van der Waals surface area contributed by atoms with Gasteiger partial charge in [0.25, 0.3) is 5.91 Å². The molecule has 4 heteroatoms. The van der Waals surface area contributed by atoms with E-state index < -0.39 is 0 Å². The molecular weight excluding hydrogens is 324 g/mol. The zero-order valence-corrected chi connectivity index (χ0v) is 15.2. The highest BCUT2D eigenvalue weighted by molar-refractivity contribution is 5.99. The predicted molar refractivity (Wildman–Crippen MR) is 103 cm³/mol. The number of carbonyl (C=O) groups is 1. The number of furan rings is 1. The maximum atomic E-state index is 13.2. The fourth-order valence-electron chi connectivity index (χ4n) is 4.09. The van der Waals surface area contributed by atoms with E-state index in [1.54, 1.807) is 0 Å². The van der Waals surface area contributed by atoms with E-state index in [1.165, 1.54) is 5.56 Å². The largest absolute Gasteiger partial charge is 0.450 e. The van der Waals surface area contributed by atoms with E-state index in [2.05, 4.69) is 12.1 Å². The van der Waals surface area contributed by atoms with Crippen LogP contribution in [0.15, 0.2) is 52.9 Å². The first-order chi connectivity index (χ1) is 12.6. The normalized spacial score (nSPS) is 20.0. The lowest BCUT2D eigenvalue weighted by atomic mass is 9.89. The van der Waals surface area contributed by atoms with Gasteiger partial charge in [0.15, 0.2) is 5.76 Å². The number of amides is 1. The first-order valence-corrected chi connectivity index (χ1v) is 9.13. The van der Waals surface area contributed by atoms with Gasteiger partial charge in [-0.05, 0) is 37.4 Å². The van der Waals surface area contributed by atoms with Gasteiger partial charge in [-0.25, -0.2) is 0 Å². The predicted octanol–water partition coefficient (Wildman–Crippen LogP) is 3.86. The number of fused-ring (bicyclic) bond motifs is 1. The molecule has 0 spiro atoms. The minimum absolute atomic E-state index is 0.0324. The quantitative estimate of drug-likeness (QED) is 0.782. The Hall–Kier alpha value is -2.59. The molecule has 0 radical (unpaired) electrons. The van der Waals surface area contributed by atoms with E-state index in [9.17, 15) is 4.79 Å². The number of para-hydroxylation sites is 1. The standard InChI is InChI=1S/C22H24N2O2/c1-14-7-6-10-18-15(2)21(26-20(14)18)22(25)24-12-17(11-23)19(13-24)16-8-4-3-5-9-16/h3-10,17,19H,11-13,23H2,1-2H3/t17-,19+/m1/s1. The lowest BCUT2D eigenvalue weighted by Crippen LogP contribution is -2.30. The van der Waals surface area contributed by atoms with Crippen molar-refractivity contribution in [3.8, 4) is 0 Å². The summed E-state index contributed by atoms with van der Waals surface area (Å²) >= 11 is 0. The van der Waals surface area contributed by atoms with E-state index in [1.807, 2.05) is 55.1 Å². The summed E-state index contributed by atoms with van der Waals surface area (Å²) in [5, 5.41) is 1.02. The molecule has 2 atom stereocenters.